The zero-order valence-electron chi connectivity index (χ0n) is 12.5. The average molecular weight is 326 g/mol. The maximum atomic E-state index is 12.0. The van der Waals surface area contributed by atoms with Crippen molar-refractivity contribution in [1.29, 1.82) is 0 Å². The molecule has 19 heavy (non-hydrogen) atoms. The maximum absolute atomic E-state index is 12.0. The van der Waals surface area contributed by atoms with Crippen molar-refractivity contribution in [3.05, 3.63) is 28.2 Å². The third kappa shape index (κ3) is 6.76. The molecule has 0 heterocycles. The van der Waals surface area contributed by atoms with Gasteiger partial charge < -0.3 is 5.32 Å². The molecule has 1 amide bonds. The van der Waals surface area contributed by atoms with E-state index in [4.69, 9.17) is 0 Å². The van der Waals surface area contributed by atoms with Crippen molar-refractivity contribution >= 4 is 27.5 Å². The second kappa shape index (κ2) is 6.56. The van der Waals surface area contributed by atoms with Gasteiger partial charge in [0.1, 0.15) is 0 Å². The van der Waals surface area contributed by atoms with Crippen LogP contribution in [0.5, 0.6) is 0 Å². The van der Waals surface area contributed by atoms with E-state index in [0.29, 0.717) is 12.3 Å². The molecule has 1 aromatic rings. The first kappa shape index (κ1) is 16.2. The Kier molecular flexibility index (Phi) is 5.60. The van der Waals surface area contributed by atoms with Crippen molar-refractivity contribution in [3.8, 4) is 0 Å². The van der Waals surface area contributed by atoms with E-state index in [9.17, 15) is 4.79 Å². The minimum absolute atomic E-state index is 0.0919. The van der Waals surface area contributed by atoms with Crippen LogP contribution < -0.4 is 5.32 Å². The van der Waals surface area contributed by atoms with Crippen LogP contribution in [-0.2, 0) is 4.79 Å². The molecule has 0 saturated heterocycles. The lowest BCUT2D eigenvalue weighted by Gasteiger charge is -2.22. The molecule has 1 unspecified atom stereocenters. The van der Waals surface area contributed by atoms with Crippen molar-refractivity contribution in [2.45, 2.75) is 47.5 Å². The van der Waals surface area contributed by atoms with Crippen molar-refractivity contribution in [2.24, 2.45) is 11.3 Å². The smallest absolute Gasteiger partial charge is 0.224 e. The Labute approximate surface area is 125 Å². The molecule has 0 bridgehead atoms. The van der Waals surface area contributed by atoms with Crippen molar-refractivity contribution in [3.63, 3.8) is 0 Å². The average Bonchev–Trinajstić information content (AvgIpc) is 2.10. The molecule has 2 nitrogen and oxygen atoms in total. The molecule has 0 aliphatic rings. The molecule has 106 valence electrons. The lowest BCUT2D eigenvalue weighted by molar-refractivity contribution is -0.117. The van der Waals surface area contributed by atoms with E-state index in [1.165, 1.54) is 0 Å². The molecule has 0 aromatic heterocycles. The Morgan fingerprint density at radius 1 is 1.32 bits per heavy atom. The number of nitrogens with one attached hydrogen (secondary N) is 1. The van der Waals surface area contributed by atoms with Crippen molar-refractivity contribution in [2.75, 3.05) is 5.32 Å². The highest BCUT2D eigenvalue weighted by atomic mass is 79.9. The van der Waals surface area contributed by atoms with Gasteiger partial charge in [0, 0.05) is 16.6 Å². The number of anilines is 1. The number of rotatable bonds is 4. The largest absolute Gasteiger partial charge is 0.326 e. The highest BCUT2D eigenvalue weighted by Crippen LogP contribution is 2.26. The Bertz CT molecular complexity index is 428. The number of hydrogen-bond acceptors (Lipinski definition) is 1. The molecular formula is C16H24BrNO. The number of amides is 1. The minimum Gasteiger partial charge on any atom is -0.326 e. The first-order valence-electron chi connectivity index (χ1n) is 6.73. The van der Waals surface area contributed by atoms with Crippen LogP contribution in [-0.4, -0.2) is 5.91 Å². The van der Waals surface area contributed by atoms with Gasteiger partial charge in [-0.1, -0.05) is 43.6 Å². The lowest BCUT2D eigenvalue weighted by atomic mass is 9.84. The Hall–Kier alpha value is -0.830. The number of carbonyl (C=O) groups excluding carboxylic acids is 1. The SMILES string of the molecule is Cc1cc(Br)cc(NC(=O)CC(C)CC(C)(C)C)c1. The zero-order chi connectivity index (χ0) is 14.6. The van der Waals surface area contributed by atoms with Gasteiger partial charge in [-0.2, -0.15) is 0 Å². The first-order valence-corrected chi connectivity index (χ1v) is 7.52. The molecule has 3 heteroatoms. The molecule has 0 aliphatic heterocycles. The summed E-state index contributed by atoms with van der Waals surface area (Å²) in [5.41, 5.74) is 2.26. The minimum atomic E-state index is 0.0919. The van der Waals surface area contributed by atoms with Crippen LogP contribution in [0.25, 0.3) is 0 Å². The molecule has 1 rings (SSSR count). The van der Waals surface area contributed by atoms with Crippen LogP contribution in [0.15, 0.2) is 22.7 Å². The van der Waals surface area contributed by atoms with Crippen LogP contribution in [0.3, 0.4) is 0 Å². The number of aryl methyl sites for hydroxylation is 1. The normalized spacial score (nSPS) is 13.2. The summed E-state index contributed by atoms with van der Waals surface area (Å²) in [7, 11) is 0. The van der Waals surface area contributed by atoms with Gasteiger partial charge >= 0.3 is 0 Å². The third-order valence-electron chi connectivity index (χ3n) is 2.82. The fourth-order valence-electron chi connectivity index (χ4n) is 2.45. The van der Waals surface area contributed by atoms with E-state index >= 15 is 0 Å². The number of hydrogen-bond donors (Lipinski definition) is 1. The Morgan fingerprint density at radius 2 is 1.95 bits per heavy atom. The van der Waals surface area contributed by atoms with Gasteiger partial charge in [-0.15, -0.1) is 0 Å². The molecule has 0 fully saturated rings. The predicted molar refractivity (Wildman–Crippen MR) is 85.4 cm³/mol. The molecular weight excluding hydrogens is 302 g/mol. The second-order valence-electron chi connectivity index (χ2n) is 6.64. The van der Waals surface area contributed by atoms with Gasteiger partial charge in [-0.25, -0.2) is 0 Å². The number of carbonyl (C=O) groups is 1. The van der Waals surface area contributed by atoms with E-state index < -0.39 is 0 Å². The molecule has 1 atom stereocenters. The van der Waals surface area contributed by atoms with Crippen LogP contribution in [0.1, 0.15) is 46.1 Å². The fourth-order valence-corrected chi connectivity index (χ4v) is 3.06. The maximum Gasteiger partial charge on any atom is 0.224 e. The summed E-state index contributed by atoms with van der Waals surface area (Å²) in [4.78, 5) is 12.0. The predicted octanol–water partition coefficient (Wildman–Crippen LogP) is 5.16. The van der Waals surface area contributed by atoms with Crippen molar-refractivity contribution < 1.29 is 4.79 Å². The summed E-state index contributed by atoms with van der Waals surface area (Å²) in [5, 5.41) is 2.97. The van der Waals surface area contributed by atoms with Crippen molar-refractivity contribution in [1.82, 2.24) is 0 Å². The standard InChI is InChI=1S/C16H24BrNO/c1-11-6-13(17)9-14(7-11)18-15(19)8-12(2)10-16(3,4)5/h6-7,9,12H,8,10H2,1-5H3,(H,18,19). The van der Waals surface area contributed by atoms with E-state index in [-0.39, 0.29) is 11.3 Å². The van der Waals surface area contributed by atoms with Gasteiger partial charge in [0.2, 0.25) is 5.91 Å². The van der Waals surface area contributed by atoms with E-state index in [1.807, 2.05) is 25.1 Å². The molecule has 0 radical (unpaired) electrons. The molecule has 0 spiro atoms. The van der Waals surface area contributed by atoms with Gasteiger partial charge in [-0.3, -0.25) is 4.79 Å². The van der Waals surface area contributed by atoms with Gasteiger partial charge in [-0.05, 0) is 48.4 Å². The van der Waals surface area contributed by atoms with Crippen LogP contribution in [0.4, 0.5) is 5.69 Å². The topological polar surface area (TPSA) is 29.1 Å². The van der Waals surface area contributed by atoms with Crippen LogP contribution >= 0.6 is 15.9 Å². The van der Waals surface area contributed by atoms with Crippen LogP contribution in [0, 0.1) is 18.3 Å². The second-order valence-corrected chi connectivity index (χ2v) is 7.56. The van der Waals surface area contributed by atoms with E-state index in [2.05, 4.69) is 48.9 Å². The number of halogens is 1. The number of benzene rings is 1. The summed E-state index contributed by atoms with van der Waals surface area (Å²) in [6, 6.07) is 5.94. The fraction of sp³-hybridized carbons (Fsp3) is 0.562. The first-order chi connectivity index (χ1) is 8.65. The quantitative estimate of drug-likeness (QED) is 0.814. The molecule has 1 N–H and O–H groups in total. The monoisotopic (exact) mass is 325 g/mol. The summed E-state index contributed by atoms with van der Waals surface area (Å²) in [6.07, 6.45) is 1.63. The van der Waals surface area contributed by atoms with E-state index in [1.54, 1.807) is 0 Å². The third-order valence-corrected chi connectivity index (χ3v) is 3.28. The summed E-state index contributed by atoms with van der Waals surface area (Å²) in [5.74, 6) is 0.488. The summed E-state index contributed by atoms with van der Waals surface area (Å²) >= 11 is 3.44. The van der Waals surface area contributed by atoms with Gasteiger partial charge in [0.05, 0.1) is 0 Å². The summed E-state index contributed by atoms with van der Waals surface area (Å²) < 4.78 is 0.991. The highest BCUT2D eigenvalue weighted by molar-refractivity contribution is 9.10. The lowest BCUT2D eigenvalue weighted by Crippen LogP contribution is -2.18. The summed E-state index contributed by atoms with van der Waals surface area (Å²) in [6.45, 7) is 10.8. The zero-order valence-corrected chi connectivity index (χ0v) is 14.1. The highest BCUT2D eigenvalue weighted by Gasteiger charge is 2.17. The molecule has 0 saturated carbocycles. The van der Waals surface area contributed by atoms with Gasteiger partial charge in [0.25, 0.3) is 0 Å². The van der Waals surface area contributed by atoms with Gasteiger partial charge in [0.15, 0.2) is 0 Å². The molecule has 1 aromatic carbocycles. The molecule has 0 aliphatic carbocycles. The van der Waals surface area contributed by atoms with Crippen LogP contribution in [0.2, 0.25) is 0 Å². The van der Waals surface area contributed by atoms with E-state index in [0.717, 1.165) is 22.1 Å². The Balaban J connectivity index is 2.55. The Morgan fingerprint density at radius 3 is 2.47 bits per heavy atom.